The number of rotatable bonds is 8. The smallest absolute Gasteiger partial charge is 0.305 e. The fourth-order valence-corrected chi connectivity index (χ4v) is 1.73. The normalized spacial score (nSPS) is 10.0. The minimum Gasteiger partial charge on any atom is -0.481 e. The number of nitrogens with zero attached hydrogens (tertiary/aromatic N) is 1. The molecule has 0 aliphatic heterocycles. The Labute approximate surface area is 116 Å². The quantitative estimate of drug-likeness (QED) is 0.751. The lowest BCUT2D eigenvalue weighted by atomic mass is 10.2. The molecule has 0 radical (unpaired) electrons. The summed E-state index contributed by atoms with van der Waals surface area (Å²) in [4.78, 5) is 34.7. The van der Waals surface area contributed by atoms with Crippen LogP contribution < -0.4 is 0 Å². The molecule has 1 rings (SSSR count). The molecule has 1 aromatic rings. The van der Waals surface area contributed by atoms with Crippen molar-refractivity contribution in [3.8, 4) is 0 Å². The van der Waals surface area contributed by atoms with E-state index >= 15 is 0 Å². The van der Waals surface area contributed by atoms with Gasteiger partial charge in [0.2, 0.25) is 0 Å². The van der Waals surface area contributed by atoms with Crippen LogP contribution in [0.3, 0.4) is 0 Å². The van der Waals surface area contributed by atoms with Crippen LogP contribution in [0.2, 0.25) is 0 Å². The van der Waals surface area contributed by atoms with Crippen molar-refractivity contribution in [2.45, 2.75) is 19.3 Å². The SMILES string of the molecule is O=C(O)CCCN(CCC(=O)O)C(=O)c1ccccc1. The van der Waals surface area contributed by atoms with E-state index < -0.39 is 11.9 Å². The highest BCUT2D eigenvalue weighted by Crippen LogP contribution is 2.07. The Hall–Kier alpha value is -2.37. The zero-order valence-electron chi connectivity index (χ0n) is 11.0. The number of carbonyl (C=O) groups excluding carboxylic acids is 1. The van der Waals surface area contributed by atoms with Gasteiger partial charge in [-0.3, -0.25) is 14.4 Å². The number of carbonyl (C=O) groups is 3. The molecule has 0 aliphatic carbocycles. The molecule has 6 nitrogen and oxygen atoms in total. The number of carboxylic acids is 2. The van der Waals surface area contributed by atoms with Crippen molar-refractivity contribution in [1.82, 2.24) is 4.90 Å². The van der Waals surface area contributed by atoms with Crippen LogP contribution in [0.5, 0.6) is 0 Å². The second kappa shape index (κ2) is 7.93. The summed E-state index contributed by atoms with van der Waals surface area (Å²) in [6.07, 6.45) is 0.0881. The first-order chi connectivity index (χ1) is 9.50. The molecule has 2 N–H and O–H groups in total. The number of benzene rings is 1. The van der Waals surface area contributed by atoms with Crippen molar-refractivity contribution in [1.29, 1.82) is 0 Å². The Kier molecular flexibility index (Phi) is 6.22. The van der Waals surface area contributed by atoms with E-state index in [4.69, 9.17) is 10.2 Å². The molecule has 0 spiro atoms. The van der Waals surface area contributed by atoms with E-state index in [0.29, 0.717) is 12.0 Å². The molecule has 0 atom stereocenters. The first kappa shape index (κ1) is 15.7. The van der Waals surface area contributed by atoms with E-state index in [1.807, 2.05) is 0 Å². The average Bonchev–Trinajstić information content (AvgIpc) is 2.42. The summed E-state index contributed by atoms with van der Waals surface area (Å²) in [5.74, 6) is -2.21. The predicted octanol–water partition coefficient (Wildman–Crippen LogP) is 1.47. The van der Waals surface area contributed by atoms with Gasteiger partial charge in [-0.05, 0) is 18.6 Å². The fourth-order valence-electron chi connectivity index (χ4n) is 1.73. The number of carboxylic acid groups (broad SMARTS) is 2. The summed E-state index contributed by atoms with van der Waals surface area (Å²) < 4.78 is 0. The Morgan fingerprint density at radius 2 is 1.50 bits per heavy atom. The van der Waals surface area contributed by atoms with Gasteiger partial charge in [-0.2, -0.15) is 0 Å². The highest BCUT2D eigenvalue weighted by atomic mass is 16.4. The molecule has 0 aromatic heterocycles. The van der Waals surface area contributed by atoms with Gasteiger partial charge >= 0.3 is 11.9 Å². The Morgan fingerprint density at radius 1 is 0.900 bits per heavy atom. The lowest BCUT2D eigenvalue weighted by Gasteiger charge is -2.21. The molecule has 1 aromatic carbocycles. The number of hydrogen-bond donors (Lipinski definition) is 2. The van der Waals surface area contributed by atoms with E-state index in [1.54, 1.807) is 30.3 Å². The van der Waals surface area contributed by atoms with Crippen LogP contribution >= 0.6 is 0 Å². The van der Waals surface area contributed by atoms with Crippen LogP contribution in [-0.4, -0.2) is 46.0 Å². The second-order valence-electron chi connectivity index (χ2n) is 4.30. The van der Waals surface area contributed by atoms with Crippen LogP contribution in [0.1, 0.15) is 29.6 Å². The summed E-state index contributed by atoms with van der Waals surface area (Å²) in [5, 5.41) is 17.3. The highest BCUT2D eigenvalue weighted by molar-refractivity contribution is 5.94. The first-order valence-corrected chi connectivity index (χ1v) is 6.28. The van der Waals surface area contributed by atoms with Crippen LogP contribution in [0, 0.1) is 0 Å². The van der Waals surface area contributed by atoms with Crippen LogP contribution in [0.15, 0.2) is 30.3 Å². The Morgan fingerprint density at radius 3 is 2.05 bits per heavy atom. The van der Waals surface area contributed by atoms with Crippen molar-refractivity contribution in [3.63, 3.8) is 0 Å². The lowest BCUT2D eigenvalue weighted by molar-refractivity contribution is -0.138. The van der Waals surface area contributed by atoms with Crippen molar-refractivity contribution in [3.05, 3.63) is 35.9 Å². The van der Waals surface area contributed by atoms with Crippen LogP contribution in [0.4, 0.5) is 0 Å². The van der Waals surface area contributed by atoms with Gasteiger partial charge in [-0.1, -0.05) is 18.2 Å². The topological polar surface area (TPSA) is 94.9 Å². The van der Waals surface area contributed by atoms with E-state index in [-0.39, 0.29) is 31.8 Å². The summed E-state index contributed by atoms with van der Waals surface area (Å²) in [7, 11) is 0. The molecule has 108 valence electrons. The largest absolute Gasteiger partial charge is 0.481 e. The average molecular weight is 279 g/mol. The third-order valence-electron chi connectivity index (χ3n) is 2.72. The Balaban J connectivity index is 2.67. The number of aliphatic carboxylic acids is 2. The van der Waals surface area contributed by atoms with Crippen molar-refractivity contribution >= 4 is 17.8 Å². The van der Waals surface area contributed by atoms with Crippen molar-refractivity contribution in [2.24, 2.45) is 0 Å². The molecule has 0 saturated carbocycles. The van der Waals surface area contributed by atoms with Gasteiger partial charge in [0.25, 0.3) is 5.91 Å². The summed E-state index contributed by atoms with van der Waals surface area (Å²) in [5.41, 5.74) is 0.466. The fraction of sp³-hybridized carbons (Fsp3) is 0.357. The van der Waals surface area contributed by atoms with Crippen LogP contribution in [-0.2, 0) is 9.59 Å². The third kappa shape index (κ3) is 5.51. The van der Waals surface area contributed by atoms with E-state index in [2.05, 4.69) is 0 Å². The molecule has 0 bridgehead atoms. The maximum absolute atomic E-state index is 12.2. The second-order valence-corrected chi connectivity index (χ2v) is 4.30. The van der Waals surface area contributed by atoms with E-state index in [1.165, 1.54) is 4.90 Å². The van der Waals surface area contributed by atoms with Gasteiger partial charge in [0.1, 0.15) is 0 Å². The maximum Gasteiger partial charge on any atom is 0.305 e. The molecule has 6 heteroatoms. The lowest BCUT2D eigenvalue weighted by Crippen LogP contribution is -2.34. The maximum atomic E-state index is 12.2. The van der Waals surface area contributed by atoms with Gasteiger partial charge in [-0.15, -0.1) is 0 Å². The van der Waals surface area contributed by atoms with Crippen molar-refractivity contribution < 1.29 is 24.6 Å². The zero-order chi connectivity index (χ0) is 15.0. The molecule has 0 saturated heterocycles. The highest BCUT2D eigenvalue weighted by Gasteiger charge is 2.16. The van der Waals surface area contributed by atoms with Gasteiger partial charge in [0.15, 0.2) is 0 Å². The first-order valence-electron chi connectivity index (χ1n) is 6.28. The standard InChI is InChI=1S/C14H17NO5/c16-12(17)7-4-9-15(10-8-13(18)19)14(20)11-5-2-1-3-6-11/h1-3,5-6H,4,7-10H2,(H,16,17)(H,18,19). The van der Waals surface area contributed by atoms with Gasteiger partial charge < -0.3 is 15.1 Å². The third-order valence-corrected chi connectivity index (χ3v) is 2.72. The van der Waals surface area contributed by atoms with Crippen LogP contribution in [0.25, 0.3) is 0 Å². The Bertz CT molecular complexity index is 472. The summed E-state index contributed by atoms with van der Waals surface area (Å²) in [6, 6.07) is 8.52. The molecular formula is C14H17NO5. The van der Waals surface area contributed by atoms with Gasteiger partial charge in [0.05, 0.1) is 6.42 Å². The summed E-state index contributed by atoms with van der Waals surface area (Å²) >= 11 is 0. The summed E-state index contributed by atoms with van der Waals surface area (Å²) in [6.45, 7) is 0.302. The van der Waals surface area contributed by atoms with Crippen molar-refractivity contribution in [2.75, 3.05) is 13.1 Å². The molecule has 1 amide bonds. The zero-order valence-corrected chi connectivity index (χ0v) is 11.0. The van der Waals surface area contributed by atoms with Gasteiger partial charge in [0, 0.05) is 25.1 Å². The molecule has 0 unspecified atom stereocenters. The molecule has 0 fully saturated rings. The van der Waals surface area contributed by atoms with E-state index in [0.717, 1.165) is 0 Å². The van der Waals surface area contributed by atoms with Gasteiger partial charge in [-0.25, -0.2) is 0 Å². The molecule has 20 heavy (non-hydrogen) atoms. The number of hydrogen-bond acceptors (Lipinski definition) is 3. The monoisotopic (exact) mass is 279 g/mol. The predicted molar refractivity (Wildman–Crippen MR) is 71.5 cm³/mol. The minimum atomic E-state index is -0.992. The molecule has 0 aliphatic rings. The molecule has 0 heterocycles. The molecular weight excluding hydrogens is 262 g/mol. The van der Waals surface area contributed by atoms with E-state index in [9.17, 15) is 14.4 Å². The minimum absolute atomic E-state index is 0.0500. The number of amides is 1.